The number of carboxylic acids is 1. The van der Waals surface area contributed by atoms with Crippen LogP contribution in [0.15, 0.2) is 24.3 Å². The van der Waals surface area contributed by atoms with Gasteiger partial charge in [-0.3, -0.25) is 9.59 Å². The van der Waals surface area contributed by atoms with Crippen LogP contribution in [0.1, 0.15) is 26.7 Å². The van der Waals surface area contributed by atoms with Crippen LogP contribution >= 0.6 is 11.6 Å². The number of rotatable bonds is 11. The summed E-state index contributed by atoms with van der Waals surface area (Å²) < 4.78 is 13.8. The Hall–Kier alpha value is -2.39. The molecule has 0 aromatic carbocycles. The van der Waals surface area contributed by atoms with E-state index in [1.807, 2.05) is 0 Å². The molecule has 0 bridgehead atoms. The maximum absolute atomic E-state index is 10.9. The van der Waals surface area contributed by atoms with Crippen molar-refractivity contribution in [3.05, 3.63) is 24.3 Å². The molecule has 0 saturated heterocycles. The van der Waals surface area contributed by atoms with Crippen LogP contribution in [0.4, 0.5) is 0 Å². The third-order valence-corrected chi connectivity index (χ3v) is 2.76. The fourth-order valence-electron chi connectivity index (χ4n) is 1.03. The molecule has 0 radical (unpaired) electrons. The van der Waals surface area contributed by atoms with Gasteiger partial charge in [0, 0.05) is 11.1 Å². The number of ether oxygens (including phenoxy) is 3. The summed E-state index contributed by atoms with van der Waals surface area (Å²) in [5.41, 5.74) is 0.573. The number of hydrogen-bond donors (Lipinski definition) is 2. The van der Waals surface area contributed by atoms with Crippen molar-refractivity contribution < 1.29 is 43.6 Å². The lowest BCUT2D eigenvalue weighted by molar-refractivity contribution is -0.151. The van der Waals surface area contributed by atoms with Gasteiger partial charge in [0.2, 0.25) is 0 Å². The van der Waals surface area contributed by atoms with Crippen molar-refractivity contribution in [2.24, 2.45) is 0 Å². The lowest BCUT2D eigenvalue weighted by atomic mass is 10.3. The normalized spacial score (nSPS) is 10.5. The Morgan fingerprint density at radius 1 is 0.926 bits per heavy atom. The highest BCUT2D eigenvalue weighted by atomic mass is 35.5. The van der Waals surface area contributed by atoms with Gasteiger partial charge in [0.25, 0.3) is 0 Å². The number of alkyl halides is 1. The van der Waals surface area contributed by atoms with E-state index in [-0.39, 0.29) is 44.1 Å². The molecule has 0 amide bonds. The first-order valence-corrected chi connectivity index (χ1v) is 8.31. The minimum Gasteiger partial charge on any atom is -0.481 e. The van der Waals surface area contributed by atoms with E-state index in [9.17, 15) is 19.2 Å². The molecule has 0 saturated carbocycles. The highest BCUT2D eigenvalue weighted by Gasteiger charge is 2.08. The van der Waals surface area contributed by atoms with Gasteiger partial charge in [0.05, 0.1) is 18.7 Å². The Balaban J connectivity index is 0. The van der Waals surface area contributed by atoms with E-state index in [4.69, 9.17) is 21.8 Å². The van der Waals surface area contributed by atoms with Crippen molar-refractivity contribution in [3.8, 4) is 0 Å². The molecule has 1 unspecified atom stereocenters. The van der Waals surface area contributed by atoms with E-state index in [2.05, 4.69) is 27.4 Å². The Bertz CT molecular complexity index is 543. The van der Waals surface area contributed by atoms with Gasteiger partial charge in [0.1, 0.15) is 25.9 Å². The molecule has 0 aliphatic carbocycles. The van der Waals surface area contributed by atoms with Crippen LogP contribution in [-0.4, -0.2) is 65.9 Å². The Labute approximate surface area is 162 Å². The molecule has 0 aromatic rings. The predicted octanol–water partition coefficient (Wildman–Crippen LogP) is 1.22. The van der Waals surface area contributed by atoms with E-state index in [1.54, 1.807) is 0 Å². The third kappa shape index (κ3) is 18.2. The number of carbonyl (C=O) groups excluding carboxylic acids is 3. The summed E-state index contributed by atoms with van der Waals surface area (Å²) in [6.45, 7) is 9.55. The van der Waals surface area contributed by atoms with Gasteiger partial charge in [-0.05, 0) is 13.8 Å². The molecule has 154 valence electrons. The highest BCUT2D eigenvalue weighted by molar-refractivity contribution is 6.18. The van der Waals surface area contributed by atoms with Crippen molar-refractivity contribution in [1.82, 2.24) is 0 Å². The molecule has 0 fully saturated rings. The van der Waals surface area contributed by atoms with Crippen LogP contribution in [0.2, 0.25) is 0 Å². The number of carboxylic acid groups (broad SMARTS) is 1. The topological polar surface area (TPSA) is 136 Å². The van der Waals surface area contributed by atoms with Gasteiger partial charge in [-0.1, -0.05) is 13.2 Å². The fraction of sp³-hybridized carbons (Fsp3) is 0.529. The summed E-state index contributed by atoms with van der Waals surface area (Å²) in [6.07, 6.45) is -1.26. The number of halogens is 1. The number of aliphatic hydroxyl groups is 1. The van der Waals surface area contributed by atoms with Crippen molar-refractivity contribution in [3.63, 3.8) is 0 Å². The SMILES string of the molecule is C=C(C)C(=O)OCC(O)CCl.C=C(C)C(=O)OCCOC(=O)CCC(=O)O. The standard InChI is InChI=1S/C10H14O6.C7H11ClO3/c1-7(2)10(14)16-6-5-15-9(13)4-3-8(11)12;1-5(2)7(10)11-4-6(9)3-8/h1,3-6H2,2H3,(H,11,12);6,9H,1,3-4H2,2H3. The van der Waals surface area contributed by atoms with Crippen molar-refractivity contribution >= 4 is 35.5 Å². The quantitative estimate of drug-likeness (QED) is 0.170. The zero-order valence-electron chi connectivity index (χ0n) is 15.4. The summed E-state index contributed by atoms with van der Waals surface area (Å²) in [4.78, 5) is 42.5. The molecule has 0 heterocycles. The van der Waals surface area contributed by atoms with Crippen LogP contribution in [0, 0.1) is 0 Å². The second-order valence-electron chi connectivity index (χ2n) is 5.22. The van der Waals surface area contributed by atoms with Crippen LogP contribution in [0.25, 0.3) is 0 Å². The van der Waals surface area contributed by atoms with Gasteiger partial charge in [-0.25, -0.2) is 9.59 Å². The van der Waals surface area contributed by atoms with E-state index in [0.29, 0.717) is 5.57 Å². The van der Waals surface area contributed by atoms with Gasteiger partial charge < -0.3 is 24.4 Å². The number of aliphatic hydroxyl groups excluding tert-OH is 1. The summed E-state index contributed by atoms with van der Waals surface area (Å²) in [7, 11) is 0. The Morgan fingerprint density at radius 3 is 1.85 bits per heavy atom. The number of esters is 3. The first-order valence-electron chi connectivity index (χ1n) is 7.77. The molecule has 0 aliphatic heterocycles. The number of aliphatic carboxylic acids is 1. The van der Waals surface area contributed by atoms with Crippen molar-refractivity contribution in [2.75, 3.05) is 25.7 Å². The minimum absolute atomic E-state index is 0.0590. The highest BCUT2D eigenvalue weighted by Crippen LogP contribution is 1.96. The van der Waals surface area contributed by atoms with Gasteiger partial charge >= 0.3 is 23.9 Å². The Kier molecular flexibility index (Phi) is 15.7. The molecule has 10 heteroatoms. The second kappa shape index (κ2) is 15.8. The lowest BCUT2D eigenvalue weighted by Gasteiger charge is -2.07. The first kappa shape index (κ1) is 26.8. The summed E-state index contributed by atoms with van der Waals surface area (Å²) in [6, 6.07) is 0. The largest absolute Gasteiger partial charge is 0.481 e. The average Bonchev–Trinajstić information content (AvgIpc) is 2.61. The molecule has 0 aromatic heterocycles. The molecule has 0 spiro atoms. The summed E-state index contributed by atoms with van der Waals surface area (Å²) >= 11 is 5.25. The summed E-state index contributed by atoms with van der Waals surface area (Å²) in [5.74, 6) is -2.70. The zero-order chi connectivity index (χ0) is 21.4. The first-order chi connectivity index (χ1) is 12.5. The van der Waals surface area contributed by atoms with E-state index in [1.165, 1.54) is 13.8 Å². The maximum atomic E-state index is 10.9. The zero-order valence-corrected chi connectivity index (χ0v) is 16.1. The van der Waals surface area contributed by atoms with Crippen molar-refractivity contribution in [2.45, 2.75) is 32.8 Å². The van der Waals surface area contributed by atoms with Crippen LogP contribution < -0.4 is 0 Å². The molecule has 9 nitrogen and oxygen atoms in total. The Morgan fingerprint density at radius 2 is 1.41 bits per heavy atom. The van der Waals surface area contributed by atoms with E-state index >= 15 is 0 Å². The smallest absolute Gasteiger partial charge is 0.333 e. The van der Waals surface area contributed by atoms with Gasteiger partial charge in [-0.2, -0.15) is 0 Å². The molecular weight excluding hydrogens is 384 g/mol. The molecule has 2 N–H and O–H groups in total. The van der Waals surface area contributed by atoms with Crippen molar-refractivity contribution in [1.29, 1.82) is 0 Å². The lowest BCUT2D eigenvalue weighted by Crippen LogP contribution is -2.19. The predicted molar refractivity (Wildman–Crippen MR) is 96.1 cm³/mol. The number of hydrogen-bond acceptors (Lipinski definition) is 8. The maximum Gasteiger partial charge on any atom is 0.333 e. The third-order valence-electron chi connectivity index (χ3n) is 2.40. The molecule has 27 heavy (non-hydrogen) atoms. The molecule has 0 rings (SSSR count). The van der Waals surface area contributed by atoms with Crippen LogP contribution in [0.5, 0.6) is 0 Å². The second-order valence-corrected chi connectivity index (χ2v) is 5.53. The number of carbonyl (C=O) groups is 4. The van der Waals surface area contributed by atoms with E-state index < -0.39 is 30.0 Å². The fourth-order valence-corrected chi connectivity index (χ4v) is 1.12. The monoisotopic (exact) mass is 408 g/mol. The molecule has 1 atom stereocenters. The summed E-state index contributed by atoms with van der Waals surface area (Å²) in [5, 5.41) is 17.1. The van der Waals surface area contributed by atoms with Crippen LogP contribution in [-0.2, 0) is 33.4 Å². The van der Waals surface area contributed by atoms with E-state index in [0.717, 1.165) is 0 Å². The van der Waals surface area contributed by atoms with Gasteiger partial charge in [-0.15, -0.1) is 11.6 Å². The minimum atomic E-state index is -1.06. The molecule has 0 aliphatic rings. The molecular formula is C17H25ClO9. The van der Waals surface area contributed by atoms with Gasteiger partial charge in [0.15, 0.2) is 0 Å². The van der Waals surface area contributed by atoms with Crippen LogP contribution in [0.3, 0.4) is 0 Å². The average molecular weight is 409 g/mol.